The molecule has 0 amide bonds. The molecule has 0 bridgehead atoms. The van der Waals surface area contributed by atoms with Gasteiger partial charge >= 0.3 is 5.97 Å². The lowest BCUT2D eigenvalue weighted by Gasteiger charge is -2.34. The SMILES string of the molecule is CCOC(=O)/C(C#N)=c1\s/c(=C/Nc2ccc(NC(=S)N3CCN(C)CC3)cc2)c(=O)n1CC. The van der Waals surface area contributed by atoms with Gasteiger partial charge in [0.1, 0.15) is 15.3 Å². The number of esters is 1. The molecule has 9 nitrogen and oxygen atoms in total. The van der Waals surface area contributed by atoms with Gasteiger partial charge in [-0.05, 0) is 57.4 Å². The molecule has 1 aromatic heterocycles. The predicted octanol–water partition coefficient (Wildman–Crippen LogP) is 0.961. The Morgan fingerprint density at radius 2 is 1.85 bits per heavy atom. The van der Waals surface area contributed by atoms with Crippen molar-refractivity contribution in [3.8, 4) is 6.07 Å². The average Bonchev–Trinajstić information content (AvgIpc) is 3.14. The van der Waals surface area contributed by atoms with Crippen molar-refractivity contribution in [3.05, 3.63) is 43.8 Å². The molecule has 2 N–H and O–H groups in total. The van der Waals surface area contributed by atoms with E-state index in [4.69, 9.17) is 17.0 Å². The molecule has 1 aliphatic rings. The third-order valence-corrected chi connectivity index (χ3v) is 6.82. The molecule has 1 saturated heterocycles. The molecule has 0 unspecified atom stereocenters. The van der Waals surface area contributed by atoms with E-state index in [1.54, 1.807) is 20.0 Å². The van der Waals surface area contributed by atoms with Crippen molar-refractivity contribution >= 4 is 57.8 Å². The molecule has 0 radical (unpaired) electrons. The summed E-state index contributed by atoms with van der Waals surface area (Å²) in [4.78, 5) is 29.3. The Morgan fingerprint density at radius 1 is 1.21 bits per heavy atom. The number of hydrogen-bond donors (Lipinski definition) is 2. The van der Waals surface area contributed by atoms with Crippen LogP contribution in [0, 0.1) is 11.3 Å². The van der Waals surface area contributed by atoms with Gasteiger partial charge in [-0.3, -0.25) is 9.36 Å². The second-order valence-corrected chi connectivity index (χ2v) is 9.03. The quantitative estimate of drug-likeness (QED) is 0.444. The Hall–Kier alpha value is -3.20. The first-order chi connectivity index (χ1) is 16.4. The lowest BCUT2D eigenvalue weighted by molar-refractivity contribution is -0.136. The smallest absolute Gasteiger partial charge is 0.351 e. The van der Waals surface area contributed by atoms with Gasteiger partial charge in [0, 0.05) is 50.3 Å². The van der Waals surface area contributed by atoms with Gasteiger partial charge in [0.2, 0.25) is 0 Å². The molecule has 180 valence electrons. The summed E-state index contributed by atoms with van der Waals surface area (Å²) in [6.07, 6.45) is 1.58. The Labute approximate surface area is 207 Å². The number of anilines is 2. The number of piperazine rings is 1. The van der Waals surface area contributed by atoms with Crippen molar-refractivity contribution in [1.82, 2.24) is 14.4 Å². The minimum absolute atomic E-state index is 0.150. The Bertz CT molecular complexity index is 1250. The fourth-order valence-corrected chi connectivity index (χ4v) is 4.76. The molecule has 1 aromatic carbocycles. The van der Waals surface area contributed by atoms with Gasteiger partial charge in [0.15, 0.2) is 10.7 Å². The number of rotatable bonds is 6. The summed E-state index contributed by atoms with van der Waals surface area (Å²) in [6, 6.07) is 9.45. The Kier molecular flexibility index (Phi) is 8.81. The van der Waals surface area contributed by atoms with E-state index in [1.807, 2.05) is 30.3 Å². The number of hydrogen-bond acceptors (Lipinski definition) is 8. The number of ether oxygens (including phenoxy) is 1. The molecular formula is C23H28N6O3S2. The van der Waals surface area contributed by atoms with Crippen LogP contribution in [0.2, 0.25) is 0 Å². The molecule has 2 heterocycles. The molecular weight excluding hydrogens is 472 g/mol. The minimum Gasteiger partial charge on any atom is -0.462 e. The summed E-state index contributed by atoms with van der Waals surface area (Å²) in [5.74, 6) is -0.731. The summed E-state index contributed by atoms with van der Waals surface area (Å²) < 4.78 is 7.03. The monoisotopic (exact) mass is 500 g/mol. The van der Waals surface area contributed by atoms with E-state index in [-0.39, 0.29) is 17.7 Å². The van der Waals surface area contributed by atoms with E-state index >= 15 is 0 Å². The van der Waals surface area contributed by atoms with Crippen molar-refractivity contribution in [2.24, 2.45) is 0 Å². The minimum atomic E-state index is -0.731. The number of nitrogens with one attached hydrogen (secondary N) is 2. The van der Waals surface area contributed by atoms with Gasteiger partial charge < -0.3 is 25.2 Å². The number of nitriles is 1. The zero-order valence-electron chi connectivity index (χ0n) is 19.5. The highest BCUT2D eigenvalue weighted by Crippen LogP contribution is 2.14. The van der Waals surface area contributed by atoms with Crippen LogP contribution in [0.15, 0.2) is 29.1 Å². The fourth-order valence-electron chi connectivity index (χ4n) is 3.39. The molecule has 1 fully saturated rings. The van der Waals surface area contributed by atoms with Crippen LogP contribution in [0.3, 0.4) is 0 Å². The van der Waals surface area contributed by atoms with Crippen LogP contribution >= 0.6 is 23.6 Å². The van der Waals surface area contributed by atoms with Crippen molar-refractivity contribution < 1.29 is 9.53 Å². The van der Waals surface area contributed by atoms with Gasteiger partial charge in [-0.2, -0.15) is 5.26 Å². The third kappa shape index (κ3) is 6.02. The maximum absolute atomic E-state index is 12.8. The number of benzene rings is 1. The number of nitrogens with zero attached hydrogens (tertiary/aromatic N) is 4. The summed E-state index contributed by atoms with van der Waals surface area (Å²) in [5.41, 5.74) is 1.22. The maximum atomic E-state index is 12.8. The van der Waals surface area contributed by atoms with Crippen LogP contribution in [0.4, 0.5) is 11.4 Å². The van der Waals surface area contributed by atoms with E-state index in [2.05, 4.69) is 27.5 Å². The van der Waals surface area contributed by atoms with E-state index in [0.29, 0.717) is 20.9 Å². The van der Waals surface area contributed by atoms with Crippen LogP contribution in [0.5, 0.6) is 0 Å². The van der Waals surface area contributed by atoms with Gasteiger partial charge in [0.25, 0.3) is 5.56 Å². The first-order valence-electron chi connectivity index (χ1n) is 11.0. The fraction of sp³-hybridized carbons (Fsp3) is 0.391. The lowest BCUT2D eigenvalue weighted by Crippen LogP contribution is -2.48. The zero-order valence-corrected chi connectivity index (χ0v) is 21.1. The molecule has 1 aliphatic heterocycles. The standard InChI is InChI=1S/C23H28N6O3S2/c1-4-29-20(30)19(34-21(29)18(14-24)22(31)32-5-2)15-25-16-6-8-17(9-7-16)26-23(33)28-12-10-27(3)11-13-28/h6-9,15,25H,4-5,10-13H2,1-3H3,(H,26,33)/b19-15+,21-18-. The molecule has 0 aliphatic carbocycles. The van der Waals surface area contributed by atoms with E-state index < -0.39 is 5.97 Å². The second-order valence-electron chi connectivity index (χ2n) is 7.61. The largest absolute Gasteiger partial charge is 0.462 e. The van der Waals surface area contributed by atoms with Gasteiger partial charge in [-0.15, -0.1) is 11.3 Å². The third-order valence-electron chi connectivity index (χ3n) is 5.33. The summed E-state index contributed by atoms with van der Waals surface area (Å²) in [6.45, 7) is 7.70. The molecule has 11 heteroatoms. The van der Waals surface area contributed by atoms with Gasteiger partial charge in [0.05, 0.1) is 6.61 Å². The van der Waals surface area contributed by atoms with Crippen molar-refractivity contribution in [1.29, 1.82) is 5.26 Å². The number of carbonyl (C=O) groups is 1. The molecule has 0 spiro atoms. The molecule has 2 aromatic rings. The molecule has 3 rings (SSSR count). The van der Waals surface area contributed by atoms with Crippen LogP contribution < -0.4 is 25.4 Å². The summed E-state index contributed by atoms with van der Waals surface area (Å²) in [5, 5.41) is 16.5. The van der Waals surface area contributed by atoms with Crippen LogP contribution in [-0.4, -0.2) is 65.3 Å². The normalized spacial score (nSPS) is 15.5. The molecule has 0 saturated carbocycles. The second kappa shape index (κ2) is 11.8. The number of thiazole rings is 1. The van der Waals surface area contributed by atoms with Gasteiger partial charge in [-0.25, -0.2) is 4.79 Å². The number of thiocarbonyl (C=S) groups is 1. The Balaban J connectivity index is 1.76. The highest BCUT2D eigenvalue weighted by Gasteiger charge is 2.17. The lowest BCUT2D eigenvalue weighted by atomic mass is 10.3. The highest BCUT2D eigenvalue weighted by molar-refractivity contribution is 7.80. The molecule has 0 atom stereocenters. The number of carbonyl (C=O) groups excluding carboxylic acids is 1. The van der Waals surface area contributed by atoms with E-state index in [1.165, 1.54) is 4.57 Å². The topological polar surface area (TPSA) is 103 Å². The van der Waals surface area contributed by atoms with E-state index in [9.17, 15) is 14.9 Å². The van der Waals surface area contributed by atoms with E-state index in [0.717, 1.165) is 48.9 Å². The summed E-state index contributed by atoms with van der Waals surface area (Å²) in [7, 11) is 2.10. The number of aromatic nitrogens is 1. The summed E-state index contributed by atoms with van der Waals surface area (Å²) >= 11 is 6.61. The first kappa shape index (κ1) is 25.4. The first-order valence-corrected chi connectivity index (χ1v) is 12.2. The average molecular weight is 501 g/mol. The van der Waals surface area contributed by atoms with Gasteiger partial charge in [-0.1, -0.05) is 0 Å². The Morgan fingerprint density at radius 3 is 2.44 bits per heavy atom. The molecule has 34 heavy (non-hydrogen) atoms. The van der Waals surface area contributed by atoms with Crippen molar-refractivity contribution in [2.75, 3.05) is 50.5 Å². The maximum Gasteiger partial charge on any atom is 0.351 e. The van der Waals surface area contributed by atoms with Crippen LogP contribution in [0.1, 0.15) is 13.8 Å². The van der Waals surface area contributed by atoms with Crippen LogP contribution in [0.25, 0.3) is 11.8 Å². The zero-order chi connectivity index (χ0) is 24.7. The highest BCUT2D eigenvalue weighted by atomic mass is 32.1. The number of likely N-dealkylation sites (N-methyl/N-ethyl adjacent to an activating group) is 1. The predicted molar refractivity (Wildman–Crippen MR) is 139 cm³/mol. The van der Waals surface area contributed by atoms with Crippen molar-refractivity contribution in [3.63, 3.8) is 0 Å². The van der Waals surface area contributed by atoms with Crippen molar-refractivity contribution in [2.45, 2.75) is 20.4 Å². The van der Waals surface area contributed by atoms with Crippen LogP contribution in [-0.2, 0) is 16.1 Å².